The number of rotatable bonds is 4. The van der Waals surface area contributed by atoms with E-state index in [0.29, 0.717) is 0 Å². The van der Waals surface area contributed by atoms with Crippen LogP contribution in [0.25, 0.3) is 88.0 Å². The van der Waals surface area contributed by atoms with Crippen molar-refractivity contribution >= 4 is 43.5 Å². The maximum atomic E-state index is 9.53. The SMILES string of the molecule is [2H]c1c([2H])c([2H])c(-c2c([2H])c([2H])c([2H])c([2H])c2-c2c3c([2H])c([2H])c([2H])c([2H])c3c(-c3c([2H])c([2H])c(-c4c([2H])c([2H])c5c(oc6c([2H])c([2H])c([2H])c([2H])c65)c4[2H])c([2H])c3[2H])c3c([2H])c([2H])c([2H])c([2H])c23)c([2H])c1[2H]. The summed E-state index contributed by atoms with van der Waals surface area (Å²) in [5.74, 6) is 0. The lowest BCUT2D eigenvalue weighted by atomic mass is 9.83. The first-order chi connectivity index (χ1) is 34.0. The minimum atomic E-state index is -1.11. The topological polar surface area (TPSA) is 13.1 Å². The molecule has 0 radical (unpaired) electrons. The number of fused-ring (bicyclic) bond motifs is 5. The van der Waals surface area contributed by atoms with Crippen molar-refractivity contribution < 1.29 is 42.8 Å². The monoisotopic (exact) mass is 600 g/mol. The molecule has 0 N–H and O–H groups in total. The highest BCUT2D eigenvalue weighted by atomic mass is 16.3. The molecule has 9 aromatic rings. The van der Waals surface area contributed by atoms with Crippen molar-refractivity contribution in [1.82, 2.24) is 0 Å². The van der Waals surface area contributed by atoms with Crippen LogP contribution >= 0.6 is 0 Å². The van der Waals surface area contributed by atoms with Crippen molar-refractivity contribution in [3.05, 3.63) is 169 Å². The highest BCUT2D eigenvalue weighted by molar-refractivity contribution is 6.22. The third-order valence-electron chi connectivity index (χ3n) is 7.07. The minimum absolute atomic E-state index is 0.350. The third kappa shape index (κ3) is 4.17. The van der Waals surface area contributed by atoms with Crippen LogP contribution in [-0.2, 0) is 0 Å². The Hall–Kier alpha value is -5.92. The smallest absolute Gasteiger partial charge is 0.136 e. The van der Waals surface area contributed by atoms with E-state index in [1.807, 2.05) is 0 Å². The first-order valence-electron chi connectivity index (χ1n) is 27.2. The van der Waals surface area contributed by atoms with Crippen LogP contribution in [0.4, 0.5) is 0 Å². The molecule has 0 saturated carbocycles. The first-order valence-corrected chi connectivity index (χ1v) is 13.2. The lowest BCUT2D eigenvalue weighted by molar-refractivity contribution is 0.669. The van der Waals surface area contributed by atoms with Gasteiger partial charge in [-0.15, -0.1) is 0 Å². The van der Waals surface area contributed by atoms with Gasteiger partial charge in [0.1, 0.15) is 11.2 Å². The van der Waals surface area contributed by atoms with Gasteiger partial charge in [-0.25, -0.2) is 0 Å². The van der Waals surface area contributed by atoms with Crippen molar-refractivity contribution in [3.8, 4) is 44.5 Å². The molecular formula is C44H28O. The van der Waals surface area contributed by atoms with E-state index in [1.54, 1.807) is 0 Å². The third-order valence-corrected chi connectivity index (χ3v) is 7.07. The molecule has 1 heterocycles. The van der Waals surface area contributed by atoms with Crippen LogP contribution in [0.2, 0.25) is 0 Å². The fraction of sp³-hybridized carbons (Fsp3) is 0. The molecule has 0 bridgehead atoms. The number of hydrogen-bond acceptors (Lipinski definition) is 1. The number of hydrogen-bond donors (Lipinski definition) is 0. The summed E-state index contributed by atoms with van der Waals surface area (Å²) in [6.07, 6.45) is 0. The van der Waals surface area contributed by atoms with Gasteiger partial charge in [-0.3, -0.25) is 0 Å². The van der Waals surface area contributed by atoms with Crippen LogP contribution in [-0.4, -0.2) is 0 Å². The van der Waals surface area contributed by atoms with Crippen LogP contribution in [0.1, 0.15) is 38.4 Å². The van der Waals surface area contributed by atoms with E-state index in [2.05, 4.69) is 0 Å². The van der Waals surface area contributed by atoms with Crippen LogP contribution in [0, 0.1) is 0 Å². The van der Waals surface area contributed by atoms with E-state index in [-0.39, 0.29) is 5.39 Å². The number of furan rings is 1. The van der Waals surface area contributed by atoms with Gasteiger partial charge in [0.05, 0.1) is 38.4 Å². The average molecular weight is 601 g/mol. The molecule has 45 heavy (non-hydrogen) atoms. The Morgan fingerprint density at radius 2 is 0.800 bits per heavy atom. The number of benzene rings is 8. The summed E-state index contributed by atoms with van der Waals surface area (Å²) in [6, 6.07) is -27.0. The van der Waals surface area contributed by atoms with Crippen LogP contribution < -0.4 is 0 Å². The first kappa shape index (κ1) is 10.1. The Bertz CT molecular complexity index is 3980. The summed E-state index contributed by atoms with van der Waals surface area (Å²) in [5, 5.41) is -3.95. The molecule has 1 heteroatoms. The van der Waals surface area contributed by atoms with Gasteiger partial charge in [0.2, 0.25) is 0 Å². The zero-order valence-corrected chi connectivity index (χ0v) is 22.4. The molecule has 0 aliphatic carbocycles. The van der Waals surface area contributed by atoms with Crippen molar-refractivity contribution in [3.63, 3.8) is 0 Å². The van der Waals surface area contributed by atoms with Gasteiger partial charge in [-0.2, -0.15) is 0 Å². The van der Waals surface area contributed by atoms with Gasteiger partial charge in [0, 0.05) is 10.8 Å². The van der Waals surface area contributed by atoms with Crippen LogP contribution in [0.3, 0.4) is 0 Å². The number of para-hydroxylation sites is 1. The quantitative estimate of drug-likeness (QED) is 0.183. The van der Waals surface area contributed by atoms with Gasteiger partial charge in [-0.05, 0) is 84.2 Å². The van der Waals surface area contributed by atoms with Crippen molar-refractivity contribution in [2.75, 3.05) is 0 Å². The molecule has 0 aliphatic rings. The Labute approximate surface area is 301 Å². The van der Waals surface area contributed by atoms with Gasteiger partial charge in [-0.1, -0.05) is 151 Å². The standard InChI is InChI=1S/C44H28O/c1-2-12-30(13-3-1)33-14-4-5-16-36(33)44-39-19-8-6-17-37(39)43(38-18-7-9-20-40(38)44)31-24-22-29(23-25-31)32-26-27-35-34-15-10-11-21-41(34)45-42(35)28-32/h1-28H/i1D,2D,3D,4D,5D,6D,7D,8D,9D,10D,11D,12D,13D,14D,15D,16D,17D,18D,19D,20D,21D,22D,23D,24D,25D,26D,27D,28D. The lowest BCUT2D eigenvalue weighted by Crippen LogP contribution is -1.92. The molecule has 1 aromatic heterocycles. The van der Waals surface area contributed by atoms with E-state index < -0.39 is 252 Å². The van der Waals surface area contributed by atoms with Crippen molar-refractivity contribution in [1.29, 1.82) is 0 Å². The van der Waals surface area contributed by atoms with E-state index in [1.165, 1.54) is 0 Å². The Kier molecular flexibility index (Phi) is 2.32. The largest absolute Gasteiger partial charge is 0.456 e. The molecule has 0 spiro atoms. The van der Waals surface area contributed by atoms with E-state index in [4.69, 9.17) is 29.1 Å². The Morgan fingerprint density at radius 3 is 1.49 bits per heavy atom. The van der Waals surface area contributed by atoms with E-state index in [9.17, 15) is 13.7 Å². The normalized spacial score (nSPS) is 20.3. The van der Waals surface area contributed by atoms with Crippen molar-refractivity contribution in [2.24, 2.45) is 0 Å². The lowest BCUT2D eigenvalue weighted by Gasteiger charge is -2.19. The van der Waals surface area contributed by atoms with Gasteiger partial charge in [0.25, 0.3) is 0 Å². The highest BCUT2D eigenvalue weighted by Gasteiger charge is 2.18. The summed E-state index contributed by atoms with van der Waals surface area (Å²) in [7, 11) is 0. The van der Waals surface area contributed by atoms with Gasteiger partial charge < -0.3 is 4.42 Å². The summed E-state index contributed by atoms with van der Waals surface area (Å²) in [5.41, 5.74) is -7.67. The van der Waals surface area contributed by atoms with E-state index >= 15 is 0 Å². The second kappa shape index (κ2) is 10.4. The maximum absolute atomic E-state index is 9.53. The summed E-state index contributed by atoms with van der Waals surface area (Å²) >= 11 is 0. The fourth-order valence-corrected chi connectivity index (χ4v) is 5.17. The summed E-state index contributed by atoms with van der Waals surface area (Å²) < 4.78 is 255. The second-order valence-corrected chi connectivity index (χ2v) is 9.51. The maximum Gasteiger partial charge on any atom is 0.136 e. The zero-order valence-electron chi connectivity index (χ0n) is 50.4. The highest BCUT2D eigenvalue weighted by Crippen LogP contribution is 2.46. The van der Waals surface area contributed by atoms with Gasteiger partial charge in [0.15, 0.2) is 0 Å². The molecule has 0 unspecified atom stereocenters. The fourth-order valence-electron chi connectivity index (χ4n) is 5.17. The average Bonchev–Trinajstić information content (AvgIpc) is 3.78. The molecule has 0 atom stereocenters. The molecule has 210 valence electrons. The molecule has 9 rings (SSSR count). The molecule has 8 aromatic carbocycles. The Balaban J connectivity index is 1.53. The molecule has 0 aliphatic heterocycles. The van der Waals surface area contributed by atoms with Crippen LogP contribution in [0.5, 0.6) is 0 Å². The van der Waals surface area contributed by atoms with Crippen LogP contribution in [0.15, 0.2) is 174 Å². The molecule has 0 amide bonds. The predicted molar refractivity (Wildman–Crippen MR) is 190 cm³/mol. The minimum Gasteiger partial charge on any atom is -0.456 e. The Morgan fingerprint density at radius 1 is 0.311 bits per heavy atom. The second-order valence-electron chi connectivity index (χ2n) is 9.51. The summed E-state index contributed by atoms with van der Waals surface area (Å²) in [4.78, 5) is 0. The molecular weight excluding hydrogens is 544 g/mol. The van der Waals surface area contributed by atoms with Gasteiger partial charge >= 0.3 is 0 Å². The predicted octanol–water partition coefficient (Wildman–Crippen LogP) is 12.6. The van der Waals surface area contributed by atoms with E-state index in [0.717, 1.165) is 0 Å². The molecule has 0 saturated heterocycles. The zero-order chi connectivity index (χ0) is 54.1. The molecule has 0 fully saturated rings. The molecule has 1 nitrogen and oxygen atoms in total. The summed E-state index contributed by atoms with van der Waals surface area (Å²) in [6.45, 7) is 0. The van der Waals surface area contributed by atoms with Crippen molar-refractivity contribution in [2.45, 2.75) is 0 Å².